The van der Waals surface area contributed by atoms with Crippen LogP contribution in [0.2, 0.25) is 0 Å². The number of aryl methyl sites for hydroxylation is 1. The lowest BCUT2D eigenvalue weighted by molar-refractivity contribution is 0.0798. The maximum absolute atomic E-state index is 12.8. The number of carbonyl (C=O) groups is 2. The first-order chi connectivity index (χ1) is 11.4. The third-order valence-electron chi connectivity index (χ3n) is 4.18. The largest absolute Gasteiger partial charge is 0.486 e. The molecule has 0 bridgehead atoms. The Hall–Kier alpha value is -2.68. The predicted molar refractivity (Wildman–Crippen MR) is 94.2 cm³/mol. The van der Waals surface area contributed by atoms with Gasteiger partial charge < -0.3 is 4.74 Å². The van der Waals surface area contributed by atoms with Gasteiger partial charge in [-0.1, -0.05) is 30.3 Å². The molecule has 0 fully saturated rings. The monoisotopic (exact) mass is 320 g/mol. The Bertz CT molecular complexity index is 858. The molecule has 1 aliphatic carbocycles. The summed E-state index contributed by atoms with van der Waals surface area (Å²) < 4.78 is 5.61. The summed E-state index contributed by atoms with van der Waals surface area (Å²) in [6.45, 7) is 7.30. The molecule has 3 rings (SSSR count). The Morgan fingerprint density at radius 3 is 2.08 bits per heavy atom. The zero-order chi connectivity index (χ0) is 17.4. The average Bonchev–Trinajstić information content (AvgIpc) is 2.57. The molecule has 2 aromatic rings. The highest BCUT2D eigenvalue weighted by atomic mass is 16.5. The molecule has 0 radical (unpaired) electrons. The Morgan fingerprint density at radius 1 is 0.833 bits per heavy atom. The number of rotatable bonds is 3. The second-order valence-electron chi connectivity index (χ2n) is 6.36. The van der Waals surface area contributed by atoms with Gasteiger partial charge in [0.25, 0.3) is 0 Å². The van der Waals surface area contributed by atoms with Crippen LogP contribution in [0.1, 0.15) is 47.1 Å². The third-order valence-corrected chi connectivity index (χ3v) is 4.18. The number of hydrogen-bond acceptors (Lipinski definition) is 3. The van der Waals surface area contributed by atoms with Gasteiger partial charge in [-0.3, -0.25) is 9.59 Å². The molecule has 0 unspecified atom stereocenters. The number of fused-ring (bicyclic) bond motifs is 1. The average molecular weight is 320 g/mol. The third kappa shape index (κ3) is 2.67. The van der Waals surface area contributed by atoms with Crippen LogP contribution in [0.5, 0.6) is 0 Å². The van der Waals surface area contributed by atoms with Crippen LogP contribution in [0.4, 0.5) is 0 Å². The minimum Gasteiger partial charge on any atom is -0.486 e. The number of ketones is 2. The summed E-state index contributed by atoms with van der Waals surface area (Å²) in [5.41, 5.74) is 4.23. The number of hydrogen-bond donors (Lipinski definition) is 0. The van der Waals surface area contributed by atoms with Gasteiger partial charge in [0.15, 0.2) is 11.5 Å². The van der Waals surface area contributed by atoms with Crippen LogP contribution >= 0.6 is 0 Å². The standard InChI is InChI=1S/C21H20O3/c1-12(2)24-21-14(4)19(22)18-11-16(15-8-6-5-7-9-15)13(3)10-17(18)20(21)23/h5-12H,1-4H3. The van der Waals surface area contributed by atoms with Crippen molar-refractivity contribution in [2.45, 2.75) is 33.8 Å². The Morgan fingerprint density at radius 2 is 1.46 bits per heavy atom. The molecule has 3 nitrogen and oxygen atoms in total. The smallest absolute Gasteiger partial charge is 0.228 e. The van der Waals surface area contributed by atoms with Gasteiger partial charge in [-0.05, 0) is 56.5 Å². The fourth-order valence-corrected chi connectivity index (χ4v) is 2.99. The van der Waals surface area contributed by atoms with Crippen LogP contribution in [-0.2, 0) is 4.74 Å². The number of carbonyl (C=O) groups excluding carboxylic acids is 2. The molecule has 2 aromatic carbocycles. The van der Waals surface area contributed by atoms with Crippen molar-refractivity contribution in [2.24, 2.45) is 0 Å². The normalized spacial score (nSPS) is 14.2. The fourth-order valence-electron chi connectivity index (χ4n) is 2.99. The van der Waals surface area contributed by atoms with E-state index >= 15 is 0 Å². The van der Waals surface area contributed by atoms with Gasteiger partial charge in [-0.25, -0.2) is 0 Å². The Balaban J connectivity index is 2.16. The summed E-state index contributed by atoms with van der Waals surface area (Å²) in [5, 5.41) is 0. The van der Waals surface area contributed by atoms with E-state index < -0.39 is 0 Å². The molecule has 0 N–H and O–H groups in total. The van der Waals surface area contributed by atoms with E-state index in [1.807, 2.05) is 57.2 Å². The number of benzene rings is 2. The van der Waals surface area contributed by atoms with Gasteiger partial charge in [0.1, 0.15) is 0 Å². The molecule has 1 aliphatic rings. The van der Waals surface area contributed by atoms with E-state index in [2.05, 4.69) is 0 Å². The van der Waals surface area contributed by atoms with Crippen molar-refractivity contribution in [2.75, 3.05) is 0 Å². The minimum absolute atomic E-state index is 0.141. The van der Waals surface area contributed by atoms with E-state index in [9.17, 15) is 9.59 Å². The van der Waals surface area contributed by atoms with Crippen molar-refractivity contribution in [1.29, 1.82) is 0 Å². The highest BCUT2D eigenvalue weighted by molar-refractivity contribution is 6.26. The molecule has 0 aromatic heterocycles. The summed E-state index contributed by atoms with van der Waals surface area (Å²) >= 11 is 0. The van der Waals surface area contributed by atoms with Gasteiger partial charge in [0.2, 0.25) is 5.78 Å². The first-order valence-corrected chi connectivity index (χ1v) is 8.07. The first kappa shape index (κ1) is 16.2. The molecule has 0 aliphatic heterocycles. The van der Waals surface area contributed by atoms with E-state index in [-0.39, 0.29) is 23.4 Å². The number of Topliss-reactive ketones (excluding diaryl/α,β-unsaturated/α-hetero) is 2. The molecule has 122 valence electrons. The molecular formula is C21H20O3. The van der Waals surface area contributed by atoms with Gasteiger partial charge in [0, 0.05) is 16.7 Å². The van der Waals surface area contributed by atoms with E-state index in [1.54, 1.807) is 13.0 Å². The van der Waals surface area contributed by atoms with Crippen LogP contribution in [-0.4, -0.2) is 17.7 Å². The lowest BCUT2D eigenvalue weighted by atomic mass is 9.84. The lowest BCUT2D eigenvalue weighted by Crippen LogP contribution is -2.24. The second kappa shape index (κ2) is 6.08. The first-order valence-electron chi connectivity index (χ1n) is 8.07. The molecule has 3 heteroatoms. The van der Waals surface area contributed by atoms with Crippen molar-refractivity contribution < 1.29 is 14.3 Å². The molecular weight excluding hydrogens is 300 g/mol. The van der Waals surface area contributed by atoms with Gasteiger partial charge >= 0.3 is 0 Å². The zero-order valence-electron chi connectivity index (χ0n) is 14.3. The summed E-state index contributed by atoms with van der Waals surface area (Å²) in [4.78, 5) is 25.5. The Kier molecular flexibility index (Phi) is 4.10. The van der Waals surface area contributed by atoms with Crippen molar-refractivity contribution in [3.05, 3.63) is 70.5 Å². The SMILES string of the molecule is CC1=C(OC(C)C)C(=O)c2cc(C)c(-c3ccccc3)cc2C1=O. The number of ether oxygens (including phenoxy) is 1. The van der Waals surface area contributed by atoms with Gasteiger partial charge in [-0.15, -0.1) is 0 Å². The summed E-state index contributed by atoms with van der Waals surface area (Å²) in [5.74, 6) is -0.176. The van der Waals surface area contributed by atoms with Crippen molar-refractivity contribution in [3.63, 3.8) is 0 Å². The molecule has 0 atom stereocenters. The molecule has 0 amide bonds. The zero-order valence-corrected chi connectivity index (χ0v) is 14.3. The summed E-state index contributed by atoms with van der Waals surface area (Å²) in [6, 6.07) is 13.5. The Labute approximate surface area is 142 Å². The quantitative estimate of drug-likeness (QED) is 0.820. The fraction of sp³-hybridized carbons (Fsp3) is 0.238. The lowest BCUT2D eigenvalue weighted by Gasteiger charge is -2.22. The van der Waals surface area contributed by atoms with Gasteiger partial charge in [0.05, 0.1) is 6.10 Å². The van der Waals surface area contributed by atoms with E-state index in [1.165, 1.54) is 0 Å². The van der Waals surface area contributed by atoms with Gasteiger partial charge in [-0.2, -0.15) is 0 Å². The van der Waals surface area contributed by atoms with Crippen LogP contribution < -0.4 is 0 Å². The van der Waals surface area contributed by atoms with E-state index in [0.717, 1.165) is 16.7 Å². The maximum atomic E-state index is 12.8. The van der Waals surface area contributed by atoms with Crippen molar-refractivity contribution in [1.82, 2.24) is 0 Å². The molecule has 24 heavy (non-hydrogen) atoms. The molecule has 0 saturated heterocycles. The molecule has 0 saturated carbocycles. The van der Waals surface area contributed by atoms with Crippen molar-refractivity contribution in [3.8, 4) is 11.1 Å². The molecule has 0 spiro atoms. The summed E-state index contributed by atoms with van der Waals surface area (Å²) in [6.07, 6.45) is -0.155. The van der Waals surface area contributed by atoms with E-state index in [4.69, 9.17) is 4.74 Å². The second-order valence-corrected chi connectivity index (χ2v) is 6.36. The molecule has 0 heterocycles. The minimum atomic E-state index is -0.210. The van der Waals surface area contributed by atoms with E-state index in [0.29, 0.717) is 16.7 Å². The predicted octanol–water partition coefficient (Wildman–Crippen LogP) is 4.74. The maximum Gasteiger partial charge on any atom is 0.228 e. The highest BCUT2D eigenvalue weighted by Crippen LogP contribution is 2.33. The van der Waals surface area contributed by atoms with Crippen LogP contribution in [0, 0.1) is 6.92 Å². The van der Waals surface area contributed by atoms with Crippen molar-refractivity contribution >= 4 is 11.6 Å². The number of allylic oxidation sites excluding steroid dienone is 2. The summed E-state index contributed by atoms with van der Waals surface area (Å²) in [7, 11) is 0. The van der Waals surface area contributed by atoms with Crippen LogP contribution in [0.15, 0.2) is 53.8 Å². The highest BCUT2D eigenvalue weighted by Gasteiger charge is 2.32. The topological polar surface area (TPSA) is 43.4 Å². The van der Waals surface area contributed by atoms with Crippen LogP contribution in [0.25, 0.3) is 11.1 Å². The van der Waals surface area contributed by atoms with Crippen LogP contribution in [0.3, 0.4) is 0 Å².